The van der Waals surface area contributed by atoms with Gasteiger partial charge in [0.15, 0.2) is 0 Å². The van der Waals surface area contributed by atoms with Crippen LogP contribution < -0.4 is 10.7 Å². The topological polar surface area (TPSA) is 58.4 Å². The summed E-state index contributed by atoms with van der Waals surface area (Å²) < 4.78 is 3.17. The van der Waals surface area contributed by atoms with E-state index in [4.69, 9.17) is 0 Å². The molecule has 0 saturated heterocycles. The minimum atomic E-state index is -0.202. The Morgan fingerprint density at radius 2 is 1.75 bits per heavy atom. The van der Waals surface area contributed by atoms with Crippen LogP contribution in [0.25, 0.3) is 5.69 Å². The van der Waals surface area contributed by atoms with Gasteiger partial charge in [-0.25, -0.2) is 5.43 Å². The lowest BCUT2D eigenvalue weighted by atomic mass is 10.2. The number of carbonyl (C=O) groups excluding carboxylic acids is 1. The third-order valence-corrected chi connectivity index (χ3v) is 4.98. The fourth-order valence-corrected chi connectivity index (χ4v) is 3.24. The number of rotatable bonds is 6. The number of hydrogen-bond donors (Lipinski definition) is 2. The van der Waals surface area contributed by atoms with E-state index in [1.807, 2.05) is 31.2 Å². The third kappa shape index (κ3) is 4.89. The molecule has 0 aliphatic carbocycles. The van der Waals surface area contributed by atoms with Gasteiger partial charge in [-0.05, 0) is 63.2 Å². The Kier molecular flexibility index (Phi) is 6.31. The summed E-state index contributed by atoms with van der Waals surface area (Å²) in [5.74, 6) is -0.202. The average Bonchev–Trinajstić information content (AvgIpc) is 2.96. The smallest absolute Gasteiger partial charge is 0.259 e. The molecule has 0 aliphatic heterocycles. The number of aromatic nitrogens is 1. The number of nitrogens with one attached hydrogen (secondary N) is 2. The zero-order chi connectivity index (χ0) is 20.1. The second-order valence-electron chi connectivity index (χ2n) is 6.65. The molecular weight excluding hydrogens is 416 g/mol. The largest absolute Gasteiger partial charge is 0.376 e. The molecule has 5 nitrogen and oxygen atoms in total. The van der Waals surface area contributed by atoms with Gasteiger partial charge in [0.2, 0.25) is 0 Å². The fraction of sp³-hybridized carbons (Fsp3) is 0.182. The highest BCUT2D eigenvalue weighted by molar-refractivity contribution is 9.10. The second-order valence-corrected chi connectivity index (χ2v) is 7.57. The van der Waals surface area contributed by atoms with Crippen molar-refractivity contribution in [1.29, 1.82) is 0 Å². The molecule has 0 bridgehead atoms. The molecule has 0 unspecified atom stereocenters. The van der Waals surface area contributed by atoms with E-state index >= 15 is 0 Å². The molecule has 3 rings (SSSR count). The van der Waals surface area contributed by atoms with Crippen LogP contribution in [0.4, 0.5) is 5.69 Å². The van der Waals surface area contributed by atoms with Crippen LogP contribution in [0.15, 0.2) is 64.2 Å². The number of hydrogen-bond acceptors (Lipinski definition) is 3. The SMILES string of the molecule is Cc1ccc(-n2c(C)cc(/C=N\NC(=O)CNc3ccc(Br)cc3)c2C)cc1. The summed E-state index contributed by atoms with van der Waals surface area (Å²) >= 11 is 3.38. The molecule has 1 heterocycles. The first-order valence-corrected chi connectivity index (χ1v) is 9.80. The van der Waals surface area contributed by atoms with Crippen molar-refractivity contribution < 1.29 is 4.79 Å². The van der Waals surface area contributed by atoms with E-state index in [-0.39, 0.29) is 12.5 Å². The van der Waals surface area contributed by atoms with Gasteiger partial charge < -0.3 is 9.88 Å². The van der Waals surface area contributed by atoms with Crippen LogP contribution in [-0.2, 0) is 4.79 Å². The molecule has 2 aromatic carbocycles. The van der Waals surface area contributed by atoms with Gasteiger partial charge in [-0.2, -0.15) is 5.10 Å². The summed E-state index contributed by atoms with van der Waals surface area (Å²) in [6.45, 7) is 6.34. The molecule has 0 atom stereocenters. The van der Waals surface area contributed by atoms with Crippen molar-refractivity contribution in [1.82, 2.24) is 9.99 Å². The van der Waals surface area contributed by atoms with Crippen LogP contribution >= 0.6 is 15.9 Å². The fourth-order valence-electron chi connectivity index (χ4n) is 2.97. The molecule has 0 fully saturated rings. The summed E-state index contributed by atoms with van der Waals surface area (Å²) in [4.78, 5) is 12.0. The lowest BCUT2D eigenvalue weighted by molar-refractivity contribution is -0.119. The minimum absolute atomic E-state index is 0.154. The number of amides is 1. The molecule has 0 saturated carbocycles. The van der Waals surface area contributed by atoms with Gasteiger partial charge in [0.25, 0.3) is 5.91 Å². The Hall–Kier alpha value is -2.86. The minimum Gasteiger partial charge on any atom is -0.376 e. The van der Waals surface area contributed by atoms with E-state index in [0.29, 0.717) is 0 Å². The third-order valence-electron chi connectivity index (χ3n) is 4.45. The van der Waals surface area contributed by atoms with E-state index < -0.39 is 0 Å². The van der Waals surface area contributed by atoms with Gasteiger partial charge in [0.1, 0.15) is 0 Å². The highest BCUT2D eigenvalue weighted by Crippen LogP contribution is 2.20. The Bertz CT molecular complexity index is 989. The lowest BCUT2D eigenvalue weighted by Crippen LogP contribution is -2.25. The molecule has 0 aliphatic rings. The van der Waals surface area contributed by atoms with Crippen LogP contribution in [-0.4, -0.2) is 23.2 Å². The van der Waals surface area contributed by atoms with Crippen LogP contribution in [0.3, 0.4) is 0 Å². The normalized spacial score (nSPS) is 11.0. The van der Waals surface area contributed by atoms with Crippen molar-refractivity contribution in [3.8, 4) is 5.69 Å². The highest BCUT2D eigenvalue weighted by atomic mass is 79.9. The van der Waals surface area contributed by atoms with Crippen molar-refractivity contribution in [2.75, 3.05) is 11.9 Å². The Morgan fingerprint density at radius 1 is 1.07 bits per heavy atom. The lowest BCUT2D eigenvalue weighted by Gasteiger charge is -2.09. The Labute approximate surface area is 173 Å². The summed E-state index contributed by atoms with van der Waals surface area (Å²) in [5, 5.41) is 7.17. The van der Waals surface area contributed by atoms with Gasteiger partial charge in [0.05, 0.1) is 12.8 Å². The molecular formula is C22H23BrN4O. The molecule has 0 spiro atoms. The van der Waals surface area contributed by atoms with E-state index in [0.717, 1.165) is 32.8 Å². The maximum absolute atomic E-state index is 12.0. The molecule has 6 heteroatoms. The van der Waals surface area contributed by atoms with Crippen molar-refractivity contribution in [2.45, 2.75) is 20.8 Å². The first-order valence-electron chi connectivity index (χ1n) is 9.01. The first kappa shape index (κ1) is 19.9. The van der Waals surface area contributed by atoms with Crippen molar-refractivity contribution in [2.24, 2.45) is 5.10 Å². The summed E-state index contributed by atoms with van der Waals surface area (Å²) in [5.41, 5.74) is 8.95. The number of anilines is 1. The van der Waals surface area contributed by atoms with Gasteiger partial charge >= 0.3 is 0 Å². The molecule has 0 radical (unpaired) electrons. The van der Waals surface area contributed by atoms with Crippen LogP contribution in [0.2, 0.25) is 0 Å². The van der Waals surface area contributed by atoms with Gasteiger partial charge in [0, 0.05) is 32.8 Å². The predicted molar refractivity (Wildman–Crippen MR) is 118 cm³/mol. The summed E-state index contributed by atoms with van der Waals surface area (Å²) in [7, 11) is 0. The molecule has 2 N–H and O–H groups in total. The second kappa shape index (κ2) is 8.89. The van der Waals surface area contributed by atoms with E-state index in [9.17, 15) is 4.79 Å². The highest BCUT2D eigenvalue weighted by Gasteiger charge is 2.09. The van der Waals surface area contributed by atoms with Crippen molar-refractivity contribution >= 4 is 33.7 Å². The van der Waals surface area contributed by atoms with Crippen molar-refractivity contribution in [3.63, 3.8) is 0 Å². The van der Waals surface area contributed by atoms with E-state index in [1.54, 1.807) is 6.21 Å². The van der Waals surface area contributed by atoms with Gasteiger partial charge in [-0.15, -0.1) is 0 Å². The average molecular weight is 439 g/mol. The number of aryl methyl sites for hydroxylation is 2. The van der Waals surface area contributed by atoms with Crippen LogP contribution in [0.5, 0.6) is 0 Å². The maximum atomic E-state index is 12.0. The van der Waals surface area contributed by atoms with Gasteiger partial charge in [-0.3, -0.25) is 4.79 Å². The standard InChI is InChI=1S/C22H23BrN4O/c1-15-4-10-21(11-5-15)27-16(2)12-18(17(27)3)13-25-26-22(28)14-24-20-8-6-19(23)7-9-20/h4-13,24H,14H2,1-3H3,(H,26,28)/b25-13-. The first-order chi connectivity index (χ1) is 13.4. The van der Waals surface area contributed by atoms with Crippen molar-refractivity contribution in [3.05, 3.63) is 81.6 Å². The Morgan fingerprint density at radius 3 is 2.43 bits per heavy atom. The monoisotopic (exact) mass is 438 g/mol. The predicted octanol–water partition coefficient (Wildman–Crippen LogP) is 4.73. The molecule has 28 heavy (non-hydrogen) atoms. The van der Waals surface area contributed by atoms with Crippen LogP contribution in [0, 0.1) is 20.8 Å². The number of nitrogens with zero attached hydrogens (tertiary/aromatic N) is 2. The number of benzene rings is 2. The maximum Gasteiger partial charge on any atom is 0.259 e. The zero-order valence-corrected chi connectivity index (χ0v) is 17.7. The Balaban J connectivity index is 1.61. The molecule has 1 amide bonds. The van der Waals surface area contributed by atoms with E-state index in [2.05, 4.69) is 80.5 Å². The zero-order valence-electron chi connectivity index (χ0n) is 16.2. The number of halogens is 1. The van der Waals surface area contributed by atoms with Gasteiger partial charge in [-0.1, -0.05) is 33.6 Å². The molecule has 144 valence electrons. The van der Waals surface area contributed by atoms with Crippen LogP contribution in [0.1, 0.15) is 22.5 Å². The number of carbonyl (C=O) groups is 1. The summed E-state index contributed by atoms with van der Waals surface area (Å²) in [6.07, 6.45) is 1.69. The van der Waals surface area contributed by atoms with E-state index in [1.165, 1.54) is 5.56 Å². The molecule has 1 aromatic heterocycles. The molecule has 3 aromatic rings. The summed E-state index contributed by atoms with van der Waals surface area (Å²) in [6, 6.07) is 18.1. The quantitative estimate of drug-likeness (QED) is 0.431. The number of hydrazone groups is 1.